The van der Waals surface area contributed by atoms with Gasteiger partial charge in [-0.25, -0.2) is 0 Å². The van der Waals surface area contributed by atoms with Crippen LogP contribution in [0.15, 0.2) is 9.85 Å². The first kappa shape index (κ1) is 8.47. The Hall–Kier alpha value is -0.130. The van der Waals surface area contributed by atoms with E-state index in [4.69, 9.17) is 5.73 Å². The van der Waals surface area contributed by atoms with E-state index >= 15 is 0 Å². The van der Waals surface area contributed by atoms with Crippen LogP contribution in [-0.4, -0.2) is 21.5 Å². The molecule has 1 fully saturated rings. The van der Waals surface area contributed by atoms with E-state index in [1.165, 1.54) is 12.8 Å². The van der Waals surface area contributed by atoms with E-state index in [-0.39, 0.29) is 0 Å². The van der Waals surface area contributed by atoms with Crippen LogP contribution < -0.4 is 5.73 Å². The van der Waals surface area contributed by atoms with Gasteiger partial charge >= 0.3 is 0 Å². The zero-order valence-electron chi connectivity index (χ0n) is 6.64. The first-order valence-electron chi connectivity index (χ1n) is 4.04. The van der Waals surface area contributed by atoms with Crippen molar-refractivity contribution in [1.29, 1.82) is 0 Å². The molecule has 2 unspecified atom stereocenters. The number of aromatic nitrogens is 2. The van der Waals surface area contributed by atoms with Crippen LogP contribution in [0.5, 0.6) is 0 Å². The zero-order chi connectivity index (χ0) is 8.39. The van der Waals surface area contributed by atoms with Gasteiger partial charge in [0.25, 0.3) is 0 Å². The maximum Gasteiger partial charge on any atom is 0.174 e. The first-order valence-corrected chi connectivity index (χ1v) is 5.80. The Morgan fingerprint density at radius 2 is 2.50 bits per heavy atom. The van der Waals surface area contributed by atoms with Crippen molar-refractivity contribution in [3.8, 4) is 0 Å². The lowest BCUT2D eigenvalue weighted by Gasteiger charge is -2.11. The predicted molar refractivity (Wildman–Crippen MR) is 51.4 cm³/mol. The Bertz CT molecular complexity index is 237. The summed E-state index contributed by atoms with van der Waals surface area (Å²) in [6.07, 6.45) is 3.65. The van der Waals surface area contributed by atoms with Crippen LogP contribution in [-0.2, 0) is 0 Å². The Morgan fingerprint density at radius 1 is 1.58 bits per heavy atom. The van der Waals surface area contributed by atoms with Crippen LogP contribution in [0.2, 0.25) is 0 Å². The minimum absolute atomic E-state index is 0.360. The van der Waals surface area contributed by atoms with Crippen molar-refractivity contribution in [1.82, 2.24) is 10.2 Å². The van der Waals surface area contributed by atoms with Gasteiger partial charge in [-0.05, 0) is 12.8 Å². The van der Waals surface area contributed by atoms with Gasteiger partial charge in [0, 0.05) is 11.3 Å². The average Bonchev–Trinajstić information content (AvgIpc) is 2.65. The quantitative estimate of drug-likeness (QED) is 0.788. The normalized spacial score (nSPS) is 29.4. The summed E-state index contributed by atoms with van der Waals surface area (Å²) in [6, 6.07) is 0.360. The van der Waals surface area contributed by atoms with Gasteiger partial charge in [-0.1, -0.05) is 29.5 Å². The van der Waals surface area contributed by atoms with Crippen molar-refractivity contribution in [2.24, 2.45) is 5.73 Å². The molecule has 0 saturated heterocycles. The molecule has 5 heteroatoms. The second kappa shape index (κ2) is 3.72. The summed E-state index contributed by atoms with van der Waals surface area (Å²) in [5.41, 5.74) is 7.70. The van der Waals surface area contributed by atoms with Gasteiger partial charge in [0.15, 0.2) is 4.34 Å². The van der Waals surface area contributed by atoms with Crippen LogP contribution >= 0.6 is 23.1 Å². The molecule has 2 N–H and O–H groups in total. The fourth-order valence-electron chi connectivity index (χ4n) is 1.44. The van der Waals surface area contributed by atoms with E-state index in [2.05, 4.69) is 10.2 Å². The van der Waals surface area contributed by atoms with Crippen molar-refractivity contribution >= 4 is 23.1 Å². The second-order valence-electron chi connectivity index (χ2n) is 2.96. The predicted octanol–water partition coefficient (Wildman–Crippen LogP) is 1.51. The third kappa shape index (κ3) is 1.78. The zero-order valence-corrected chi connectivity index (χ0v) is 8.27. The number of hydrogen-bond acceptors (Lipinski definition) is 5. The molecule has 2 atom stereocenters. The molecule has 1 heterocycles. The molecule has 1 aromatic rings. The van der Waals surface area contributed by atoms with E-state index in [1.807, 2.05) is 0 Å². The molecule has 1 aromatic heterocycles. The summed E-state index contributed by atoms with van der Waals surface area (Å²) >= 11 is 3.38. The van der Waals surface area contributed by atoms with Crippen LogP contribution in [0.25, 0.3) is 0 Å². The highest BCUT2D eigenvalue weighted by Crippen LogP contribution is 2.34. The molecule has 0 aliphatic heterocycles. The van der Waals surface area contributed by atoms with Gasteiger partial charge < -0.3 is 5.73 Å². The molecule has 12 heavy (non-hydrogen) atoms. The van der Waals surface area contributed by atoms with Gasteiger partial charge in [-0.2, -0.15) is 0 Å². The number of nitrogens with zero attached hydrogens (tertiary/aromatic N) is 2. The van der Waals surface area contributed by atoms with Crippen molar-refractivity contribution in [3.05, 3.63) is 5.51 Å². The minimum Gasteiger partial charge on any atom is -0.327 e. The van der Waals surface area contributed by atoms with E-state index in [0.717, 1.165) is 10.8 Å². The summed E-state index contributed by atoms with van der Waals surface area (Å²) in [4.78, 5) is 0. The molecule has 0 amide bonds. The Morgan fingerprint density at radius 3 is 3.08 bits per heavy atom. The third-order valence-electron chi connectivity index (χ3n) is 2.10. The Labute approximate surface area is 79.8 Å². The summed E-state index contributed by atoms with van der Waals surface area (Å²) in [7, 11) is 0. The largest absolute Gasteiger partial charge is 0.327 e. The molecule has 66 valence electrons. The summed E-state index contributed by atoms with van der Waals surface area (Å²) in [5, 5.41) is 8.35. The smallest absolute Gasteiger partial charge is 0.174 e. The van der Waals surface area contributed by atoms with Crippen molar-refractivity contribution < 1.29 is 0 Å². The van der Waals surface area contributed by atoms with Gasteiger partial charge in [0.2, 0.25) is 0 Å². The molecular weight excluding hydrogens is 190 g/mol. The van der Waals surface area contributed by atoms with Gasteiger partial charge in [0.05, 0.1) is 0 Å². The van der Waals surface area contributed by atoms with E-state index in [1.54, 1.807) is 28.6 Å². The molecule has 1 saturated carbocycles. The summed E-state index contributed by atoms with van der Waals surface area (Å²) in [5.74, 6) is 0. The van der Waals surface area contributed by atoms with Crippen molar-refractivity contribution in [2.45, 2.75) is 34.9 Å². The molecule has 2 rings (SSSR count). The molecular formula is C7H11N3S2. The third-order valence-corrected chi connectivity index (χ3v) is 4.33. The fourth-order valence-corrected chi connectivity index (χ4v) is 3.39. The van der Waals surface area contributed by atoms with Crippen LogP contribution in [0.1, 0.15) is 19.3 Å². The summed E-state index contributed by atoms with van der Waals surface area (Å²) < 4.78 is 1.05. The highest BCUT2D eigenvalue weighted by atomic mass is 32.2. The maximum atomic E-state index is 5.93. The second-order valence-corrected chi connectivity index (χ2v) is 5.28. The monoisotopic (exact) mass is 201 g/mol. The van der Waals surface area contributed by atoms with Gasteiger partial charge in [0.1, 0.15) is 5.51 Å². The van der Waals surface area contributed by atoms with Crippen LogP contribution in [0.4, 0.5) is 0 Å². The fraction of sp³-hybridized carbons (Fsp3) is 0.714. The lowest BCUT2D eigenvalue weighted by Crippen LogP contribution is -2.26. The van der Waals surface area contributed by atoms with Crippen LogP contribution in [0, 0.1) is 0 Å². The highest BCUT2D eigenvalue weighted by Gasteiger charge is 2.25. The van der Waals surface area contributed by atoms with E-state index in [0.29, 0.717) is 11.3 Å². The Balaban J connectivity index is 1.95. The van der Waals surface area contributed by atoms with Crippen molar-refractivity contribution in [3.63, 3.8) is 0 Å². The van der Waals surface area contributed by atoms with Crippen LogP contribution in [0.3, 0.4) is 0 Å². The topological polar surface area (TPSA) is 51.8 Å². The molecule has 0 bridgehead atoms. The van der Waals surface area contributed by atoms with E-state index < -0.39 is 0 Å². The molecule has 0 aromatic carbocycles. The molecule has 1 aliphatic carbocycles. The lowest BCUT2D eigenvalue weighted by molar-refractivity contribution is 0.715. The molecule has 3 nitrogen and oxygen atoms in total. The van der Waals surface area contributed by atoms with Crippen molar-refractivity contribution in [2.75, 3.05) is 0 Å². The number of rotatable bonds is 2. The SMILES string of the molecule is NC1CCCC1Sc1nncs1. The minimum atomic E-state index is 0.360. The number of nitrogens with two attached hydrogens (primary N) is 1. The first-order chi connectivity index (χ1) is 5.86. The lowest BCUT2D eigenvalue weighted by atomic mass is 10.3. The number of hydrogen-bond donors (Lipinski definition) is 1. The number of thioether (sulfide) groups is 1. The Kier molecular flexibility index (Phi) is 2.63. The summed E-state index contributed by atoms with van der Waals surface area (Å²) in [6.45, 7) is 0. The average molecular weight is 201 g/mol. The molecule has 0 spiro atoms. The highest BCUT2D eigenvalue weighted by molar-refractivity contribution is 8.01. The molecule has 0 radical (unpaired) electrons. The molecule has 1 aliphatic rings. The van der Waals surface area contributed by atoms with Gasteiger partial charge in [-0.15, -0.1) is 10.2 Å². The van der Waals surface area contributed by atoms with Gasteiger partial charge in [-0.3, -0.25) is 0 Å². The maximum absolute atomic E-state index is 5.93. The van der Waals surface area contributed by atoms with E-state index in [9.17, 15) is 0 Å². The standard InChI is InChI=1S/C7H11N3S2/c8-5-2-1-3-6(5)12-7-10-9-4-11-7/h4-6H,1-3,8H2.